The first-order chi connectivity index (χ1) is 8.83. The van der Waals surface area contributed by atoms with E-state index in [2.05, 4.69) is 21.7 Å². The van der Waals surface area contributed by atoms with E-state index in [-0.39, 0.29) is 0 Å². The molecule has 0 spiro atoms. The lowest BCUT2D eigenvalue weighted by Crippen LogP contribution is -2.25. The monoisotopic (exact) mass is 257 g/mol. The first-order valence-corrected chi connectivity index (χ1v) is 6.12. The molecule has 0 unspecified atom stereocenters. The van der Waals surface area contributed by atoms with Crippen molar-refractivity contribution in [3.05, 3.63) is 59.1 Å². The molecule has 1 aliphatic heterocycles. The van der Waals surface area contributed by atoms with Crippen molar-refractivity contribution in [3.8, 4) is 0 Å². The summed E-state index contributed by atoms with van der Waals surface area (Å²) in [5.41, 5.74) is 3.13. The molecule has 3 nitrogen and oxygen atoms in total. The van der Waals surface area contributed by atoms with Gasteiger partial charge < -0.3 is 10.6 Å². The van der Waals surface area contributed by atoms with Gasteiger partial charge >= 0.3 is 0 Å². The zero-order valence-corrected chi connectivity index (χ0v) is 10.4. The molecule has 0 saturated heterocycles. The van der Waals surface area contributed by atoms with Crippen molar-refractivity contribution in [2.75, 3.05) is 10.6 Å². The second-order valence-corrected chi connectivity index (χ2v) is 4.46. The van der Waals surface area contributed by atoms with Crippen LogP contribution in [0.5, 0.6) is 0 Å². The largest absolute Gasteiger partial charge is 0.326 e. The van der Waals surface area contributed by atoms with Crippen molar-refractivity contribution in [2.24, 2.45) is 4.99 Å². The van der Waals surface area contributed by atoms with Crippen molar-refractivity contribution in [2.45, 2.75) is 6.54 Å². The third-order valence-corrected chi connectivity index (χ3v) is 3.13. The van der Waals surface area contributed by atoms with Crippen LogP contribution in [0.4, 0.5) is 11.4 Å². The van der Waals surface area contributed by atoms with Crippen molar-refractivity contribution >= 4 is 28.9 Å². The molecule has 3 rings (SSSR count). The summed E-state index contributed by atoms with van der Waals surface area (Å²) in [6, 6.07) is 15.7. The number of rotatable bonds is 1. The number of para-hydroxylation sites is 2. The quantitative estimate of drug-likeness (QED) is 0.817. The number of fused-ring (bicyclic) bond motifs is 1. The molecule has 0 amide bonds. The third kappa shape index (κ3) is 2.17. The molecular weight excluding hydrogens is 246 g/mol. The van der Waals surface area contributed by atoms with Gasteiger partial charge in [0.1, 0.15) is 0 Å². The zero-order chi connectivity index (χ0) is 12.4. The number of hydrogen-bond acceptors (Lipinski definition) is 3. The molecule has 0 fully saturated rings. The van der Waals surface area contributed by atoms with E-state index in [1.807, 2.05) is 42.5 Å². The lowest BCUT2D eigenvalue weighted by molar-refractivity contribution is 1.04. The van der Waals surface area contributed by atoms with Gasteiger partial charge in [-0.3, -0.25) is 0 Å². The van der Waals surface area contributed by atoms with Crippen LogP contribution in [0.2, 0.25) is 5.02 Å². The Morgan fingerprint density at radius 2 is 1.83 bits per heavy atom. The van der Waals surface area contributed by atoms with Gasteiger partial charge in [-0.2, -0.15) is 0 Å². The molecule has 0 aromatic heterocycles. The number of nitrogens with one attached hydrogen (secondary N) is 2. The van der Waals surface area contributed by atoms with E-state index < -0.39 is 0 Å². The Balaban J connectivity index is 1.81. The van der Waals surface area contributed by atoms with Crippen LogP contribution >= 0.6 is 11.6 Å². The van der Waals surface area contributed by atoms with Crippen LogP contribution < -0.4 is 10.6 Å². The number of nitrogens with zero attached hydrogens (tertiary/aromatic N) is 1. The van der Waals surface area contributed by atoms with Gasteiger partial charge in [0.05, 0.1) is 17.3 Å². The first-order valence-electron chi connectivity index (χ1n) is 5.74. The van der Waals surface area contributed by atoms with Crippen molar-refractivity contribution in [1.82, 2.24) is 0 Å². The van der Waals surface area contributed by atoms with E-state index in [1.165, 1.54) is 5.56 Å². The van der Waals surface area contributed by atoms with Crippen LogP contribution in [0.15, 0.2) is 53.5 Å². The maximum Gasteiger partial charge on any atom is 0.200 e. The number of benzene rings is 2. The van der Waals surface area contributed by atoms with E-state index in [0.29, 0.717) is 11.6 Å². The number of anilines is 2. The number of halogens is 1. The average molecular weight is 258 g/mol. The summed E-state index contributed by atoms with van der Waals surface area (Å²) in [5.74, 6) is 0.724. The van der Waals surface area contributed by atoms with Gasteiger partial charge in [0.2, 0.25) is 5.96 Å². The topological polar surface area (TPSA) is 36.4 Å². The molecule has 2 N–H and O–H groups in total. The summed E-state index contributed by atoms with van der Waals surface area (Å²) in [6.45, 7) is 0.677. The molecule has 4 heteroatoms. The Kier molecular flexibility index (Phi) is 2.90. The van der Waals surface area contributed by atoms with Crippen LogP contribution in [0.1, 0.15) is 5.56 Å². The Bertz CT molecular complexity index is 607. The van der Waals surface area contributed by atoms with Gasteiger partial charge in [-0.15, -0.1) is 0 Å². The summed E-state index contributed by atoms with van der Waals surface area (Å²) >= 11 is 6.10. The highest BCUT2D eigenvalue weighted by Gasteiger charge is 2.11. The highest BCUT2D eigenvalue weighted by atomic mass is 35.5. The maximum absolute atomic E-state index is 6.10. The summed E-state index contributed by atoms with van der Waals surface area (Å²) < 4.78 is 0. The maximum atomic E-state index is 6.10. The summed E-state index contributed by atoms with van der Waals surface area (Å²) in [4.78, 5) is 4.44. The van der Waals surface area contributed by atoms with Crippen LogP contribution in [-0.2, 0) is 6.54 Å². The van der Waals surface area contributed by atoms with Crippen LogP contribution in [0.3, 0.4) is 0 Å². The normalized spacial score (nSPS) is 13.3. The molecule has 1 heterocycles. The predicted molar refractivity (Wildman–Crippen MR) is 76.3 cm³/mol. The second kappa shape index (κ2) is 4.70. The molecule has 90 valence electrons. The second-order valence-electron chi connectivity index (χ2n) is 4.05. The first kappa shape index (κ1) is 11.1. The van der Waals surface area contributed by atoms with Crippen LogP contribution in [0, 0.1) is 0 Å². The van der Waals surface area contributed by atoms with E-state index in [4.69, 9.17) is 11.6 Å². The third-order valence-electron chi connectivity index (χ3n) is 2.80. The van der Waals surface area contributed by atoms with Gasteiger partial charge in [-0.25, -0.2) is 4.99 Å². The molecule has 18 heavy (non-hydrogen) atoms. The van der Waals surface area contributed by atoms with E-state index in [0.717, 1.165) is 17.3 Å². The van der Waals surface area contributed by atoms with Crippen molar-refractivity contribution < 1.29 is 0 Å². The standard InChI is InChI=1S/C14H12ClN3/c15-11-6-2-4-8-13(11)18-14-16-9-10-5-1-3-7-12(10)17-14/h1-8H,9H2,(H2,16,17,18). The van der Waals surface area contributed by atoms with Crippen molar-refractivity contribution in [3.63, 3.8) is 0 Å². The molecule has 0 atom stereocenters. The average Bonchev–Trinajstić information content (AvgIpc) is 2.41. The Labute approximate surface area is 111 Å². The van der Waals surface area contributed by atoms with Gasteiger partial charge in [0.15, 0.2) is 0 Å². The molecule has 0 aliphatic carbocycles. The number of hydrogen-bond donors (Lipinski definition) is 2. The fourth-order valence-corrected chi connectivity index (χ4v) is 2.06. The summed E-state index contributed by atoms with van der Waals surface area (Å²) in [6.07, 6.45) is 0. The fraction of sp³-hybridized carbons (Fsp3) is 0.0714. The Morgan fingerprint density at radius 1 is 1.06 bits per heavy atom. The number of guanidine groups is 1. The SMILES string of the molecule is Clc1ccccc1NC1=NCc2ccccc2N1. The predicted octanol–water partition coefficient (Wildman–Crippen LogP) is 3.73. The van der Waals surface area contributed by atoms with E-state index in [9.17, 15) is 0 Å². The van der Waals surface area contributed by atoms with E-state index >= 15 is 0 Å². The van der Waals surface area contributed by atoms with E-state index in [1.54, 1.807) is 0 Å². The minimum Gasteiger partial charge on any atom is -0.326 e. The molecule has 2 aromatic rings. The highest BCUT2D eigenvalue weighted by Crippen LogP contribution is 2.23. The van der Waals surface area contributed by atoms with Crippen LogP contribution in [-0.4, -0.2) is 5.96 Å². The molecule has 0 saturated carbocycles. The summed E-state index contributed by atoms with van der Waals surface area (Å²) in [7, 11) is 0. The minimum absolute atomic E-state index is 0.677. The molecule has 2 aromatic carbocycles. The lowest BCUT2D eigenvalue weighted by Gasteiger charge is -2.19. The number of aliphatic imine (C=N–C) groups is 1. The Hall–Kier alpha value is -2.00. The molecular formula is C14H12ClN3. The highest BCUT2D eigenvalue weighted by molar-refractivity contribution is 6.33. The van der Waals surface area contributed by atoms with Crippen molar-refractivity contribution in [1.29, 1.82) is 0 Å². The smallest absolute Gasteiger partial charge is 0.200 e. The van der Waals surface area contributed by atoms with Gasteiger partial charge in [-0.05, 0) is 23.8 Å². The van der Waals surface area contributed by atoms with Gasteiger partial charge in [0, 0.05) is 5.69 Å². The molecule has 1 aliphatic rings. The zero-order valence-electron chi connectivity index (χ0n) is 9.65. The van der Waals surface area contributed by atoms with Crippen LogP contribution in [0.25, 0.3) is 0 Å². The van der Waals surface area contributed by atoms with Gasteiger partial charge in [-0.1, -0.05) is 41.9 Å². The van der Waals surface area contributed by atoms with Gasteiger partial charge in [0.25, 0.3) is 0 Å². The minimum atomic E-state index is 0.677. The Morgan fingerprint density at radius 3 is 2.72 bits per heavy atom. The molecule has 0 bridgehead atoms. The fourth-order valence-electron chi connectivity index (χ4n) is 1.87. The summed E-state index contributed by atoms with van der Waals surface area (Å²) in [5, 5.41) is 7.13. The lowest BCUT2D eigenvalue weighted by atomic mass is 10.1. The molecule has 0 radical (unpaired) electrons.